The maximum Gasteiger partial charge on any atom is 0.275 e. The highest BCUT2D eigenvalue weighted by Gasteiger charge is 2.43. The second-order valence-corrected chi connectivity index (χ2v) is 9.52. The Hall–Kier alpha value is -2.91. The molecule has 34 heavy (non-hydrogen) atoms. The zero-order chi connectivity index (χ0) is 23.2. The summed E-state index contributed by atoms with van der Waals surface area (Å²) >= 11 is 7.35. The van der Waals surface area contributed by atoms with Gasteiger partial charge in [-0.2, -0.15) is 0 Å². The Morgan fingerprint density at radius 3 is 2.56 bits per heavy atom. The van der Waals surface area contributed by atoms with Gasteiger partial charge in [0.1, 0.15) is 17.6 Å². The molecule has 1 saturated carbocycles. The molecule has 0 amide bonds. The zero-order valence-corrected chi connectivity index (χ0v) is 19.3. The van der Waals surface area contributed by atoms with E-state index < -0.39 is 5.79 Å². The van der Waals surface area contributed by atoms with Gasteiger partial charge in [-0.05, 0) is 48.7 Å². The summed E-state index contributed by atoms with van der Waals surface area (Å²) in [5, 5.41) is 20.8. The van der Waals surface area contributed by atoms with E-state index in [0.717, 1.165) is 23.3 Å². The number of thiophene rings is 1. The summed E-state index contributed by atoms with van der Waals surface area (Å²) in [5.74, 6) is -1.30. The molecule has 1 aliphatic carbocycles. The van der Waals surface area contributed by atoms with Crippen LogP contribution in [0.2, 0.25) is 5.02 Å². The number of aliphatic hydroxyl groups is 2. The molecule has 2 aromatic heterocycles. The standard InChI is InChI=1S/C24H21ClN2O5S.CH4/c1-31-20-10-17(8-9-19(20)32-12-24(29,30)15-4-5-15)27-13-26-18-11-21(33-22(18)23(27)28)14-2-6-16(25)7-3-14;/h2-3,6-11,13,15,29-30H,4-5,12H2,1H3;1H4. The van der Waals surface area contributed by atoms with Gasteiger partial charge in [0, 0.05) is 21.9 Å². The van der Waals surface area contributed by atoms with Crippen LogP contribution in [-0.4, -0.2) is 39.3 Å². The van der Waals surface area contributed by atoms with Gasteiger partial charge in [0.25, 0.3) is 5.56 Å². The van der Waals surface area contributed by atoms with Crippen LogP contribution in [0, 0.1) is 5.92 Å². The molecule has 0 radical (unpaired) electrons. The summed E-state index contributed by atoms with van der Waals surface area (Å²) in [6.07, 6.45) is 3.03. The summed E-state index contributed by atoms with van der Waals surface area (Å²) in [4.78, 5) is 18.6. The van der Waals surface area contributed by atoms with Crippen molar-refractivity contribution in [3.63, 3.8) is 0 Å². The van der Waals surface area contributed by atoms with Crippen molar-refractivity contribution in [1.82, 2.24) is 9.55 Å². The van der Waals surface area contributed by atoms with Crippen molar-refractivity contribution in [1.29, 1.82) is 0 Å². The van der Waals surface area contributed by atoms with E-state index in [2.05, 4.69) is 4.98 Å². The fraction of sp³-hybridized carbons (Fsp3) is 0.280. The molecule has 178 valence electrons. The molecular weight excluding hydrogens is 476 g/mol. The van der Waals surface area contributed by atoms with Crippen molar-refractivity contribution in [3.05, 3.63) is 70.2 Å². The van der Waals surface area contributed by atoms with Crippen LogP contribution in [0.25, 0.3) is 26.3 Å². The summed E-state index contributed by atoms with van der Waals surface area (Å²) in [5.41, 5.74) is 1.95. The normalized spacial score (nSPS) is 13.5. The average molecular weight is 501 g/mol. The van der Waals surface area contributed by atoms with Crippen LogP contribution in [0.4, 0.5) is 0 Å². The topological polar surface area (TPSA) is 93.8 Å². The van der Waals surface area contributed by atoms with Crippen LogP contribution in [0.1, 0.15) is 20.3 Å². The van der Waals surface area contributed by atoms with E-state index in [9.17, 15) is 15.0 Å². The first-order valence-electron chi connectivity index (χ1n) is 10.4. The smallest absolute Gasteiger partial charge is 0.275 e. The predicted molar refractivity (Wildman–Crippen MR) is 134 cm³/mol. The molecule has 0 unspecified atom stereocenters. The Morgan fingerprint density at radius 2 is 1.88 bits per heavy atom. The quantitative estimate of drug-likeness (QED) is 0.351. The minimum atomic E-state index is -1.86. The van der Waals surface area contributed by atoms with Crippen molar-refractivity contribution in [3.8, 4) is 27.6 Å². The fourth-order valence-corrected chi connectivity index (χ4v) is 4.80. The number of halogens is 1. The summed E-state index contributed by atoms with van der Waals surface area (Å²) in [7, 11) is 1.49. The lowest BCUT2D eigenvalue weighted by atomic mass is 10.2. The molecule has 1 aliphatic rings. The third kappa shape index (κ3) is 4.67. The van der Waals surface area contributed by atoms with Crippen molar-refractivity contribution >= 4 is 33.2 Å². The second kappa shape index (κ2) is 9.38. The van der Waals surface area contributed by atoms with Crippen LogP contribution in [0.3, 0.4) is 0 Å². The molecule has 7 nitrogen and oxygen atoms in total. The SMILES string of the molecule is C.COc1cc(-n2cnc3cc(-c4ccc(Cl)cc4)sc3c2=O)ccc1OCC(O)(O)C1CC1. The maximum atomic E-state index is 13.2. The first-order valence-corrected chi connectivity index (χ1v) is 11.6. The van der Waals surface area contributed by atoms with Crippen molar-refractivity contribution in [2.45, 2.75) is 26.1 Å². The third-order valence-corrected chi connectivity index (χ3v) is 7.08. The first-order chi connectivity index (χ1) is 15.9. The van der Waals surface area contributed by atoms with E-state index in [4.69, 9.17) is 21.1 Å². The van der Waals surface area contributed by atoms with Crippen LogP contribution >= 0.6 is 22.9 Å². The lowest BCUT2D eigenvalue weighted by Gasteiger charge is -2.22. The molecule has 0 spiro atoms. The largest absolute Gasteiger partial charge is 0.493 e. The molecule has 4 aromatic rings. The number of ether oxygens (including phenoxy) is 2. The molecule has 0 aliphatic heterocycles. The van der Waals surface area contributed by atoms with Crippen LogP contribution in [0.15, 0.2) is 59.7 Å². The Bertz CT molecular complexity index is 1380. The number of fused-ring (bicyclic) bond motifs is 1. The molecule has 2 aromatic carbocycles. The molecule has 9 heteroatoms. The number of hydrogen-bond acceptors (Lipinski definition) is 7. The molecule has 2 heterocycles. The third-order valence-electron chi connectivity index (χ3n) is 5.66. The van der Waals surface area contributed by atoms with E-state index in [-0.39, 0.29) is 25.5 Å². The molecular formula is C25H25ClN2O5S. The molecule has 5 rings (SSSR count). The maximum absolute atomic E-state index is 13.2. The molecule has 0 saturated heterocycles. The van der Waals surface area contributed by atoms with Gasteiger partial charge in [-0.1, -0.05) is 31.2 Å². The fourth-order valence-electron chi connectivity index (χ4n) is 3.63. The van der Waals surface area contributed by atoms with Crippen LogP contribution in [0.5, 0.6) is 11.5 Å². The van der Waals surface area contributed by atoms with Crippen molar-refractivity contribution < 1.29 is 19.7 Å². The highest BCUT2D eigenvalue weighted by molar-refractivity contribution is 7.22. The predicted octanol–water partition coefficient (Wildman–Crippen LogP) is 4.88. The number of methoxy groups -OCH3 is 1. The molecule has 0 atom stereocenters. The average Bonchev–Trinajstić information content (AvgIpc) is 3.59. The van der Waals surface area contributed by atoms with E-state index in [1.807, 2.05) is 30.3 Å². The van der Waals surface area contributed by atoms with Gasteiger partial charge in [-0.15, -0.1) is 11.3 Å². The van der Waals surface area contributed by atoms with Gasteiger partial charge in [0.05, 0.1) is 18.3 Å². The van der Waals surface area contributed by atoms with Gasteiger partial charge in [0.2, 0.25) is 5.79 Å². The second-order valence-electron chi connectivity index (χ2n) is 8.03. The Morgan fingerprint density at radius 1 is 1.15 bits per heavy atom. The zero-order valence-electron chi connectivity index (χ0n) is 17.7. The Labute approximate surface area is 205 Å². The van der Waals surface area contributed by atoms with E-state index >= 15 is 0 Å². The Balaban J connectivity index is 0.00000274. The van der Waals surface area contributed by atoms with E-state index in [1.54, 1.807) is 18.2 Å². The number of aromatic nitrogens is 2. The number of hydrogen-bond donors (Lipinski definition) is 2. The first kappa shape index (κ1) is 24.2. The van der Waals surface area contributed by atoms with Crippen molar-refractivity contribution in [2.24, 2.45) is 5.92 Å². The lowest BCUT2D eigenvalue weighted by molar-refractivity contribution is -0.196. The van der Waals surface area contributed by atoms with Crippen LogP contribution in [-0.2, 0) is 0 Å². The highest BCUT2D eigenvalue weighted by atomic mass is 35.5. The van der Waals surface area contributed by atoms with Crippen molar-refractivity contribution in [2.75, 3.05) is 13.7 Å². The Kier molecular flexibility index (Phi) is 6.69. The molecule has 0 bridgehead atoms. The van der Waals surface area contributed by atoms with Gasteiger partial charge < -0.3 is 19.7 Å². The number of benzene rings is 2. The van der Waals surface area contributed by atoms with Gasteiger partial charge in [-0.25, -0.2) is 4.98 Å². The summed E-state index contributed by atoms with van der Waals surface area (Å²) < 4.78 is 13.0. The number of rotatable bonds is 7. The summed E-state index contributed by atoms with van der Waals surface area (Å²) in [6, 6.07) is 14.3. The van der Waals surface area contributed by atoms with E-state index in [1.165, 1.54) is 29.3 Å². The van der Waals surface area contributed by atoms with Gasteiger partial charge in [-0.3, -0.25) is 9.36 Å². The number of nitrogens with zero attached hydrogens (tertiary/aromatic N) is 2. The summed E-state index contributed by atoms with van der Waals surface area (Å²) in [6.45, 7) is -0.260. The highest BCUT2D eigenvalue weighted by Crippen LogP contribution is 2.39. The lowest BCUT2D eigenvalue weighted by Crippen LogP contribution is -2.38. The molecule has 1 fully saturated rings. The van der Waals surface area contributed by atoms with Gasteiger partial charge >= 0.3 is 0 Å². The monoisotopic (exact) mass is 500 g/mol. The minimum Gasteiger partial charge on any atom is -0.493 e. The van der Waals surface area contributed by atoms with E-state index in [0.29, 0.717) is 32.4 Å². The minimum absolute atomic E-state index is 0. The van der Waals surface area contributed by atoms with Crippen LogP contribution < -0.4 is 15.0 Å². The molecule has 2 N–H and O–H groups in total. The van der Waals surface area contributed by atoms with Gasteiger partial charge in [0.15, 0.2) is 11.5 Å².